The van der Waals surface area contributed by atoms with E-state index in [4.69, 9.17) is 11.6 Å². The Morgan fingerprint density at radius 3 is 2.94 bits per heavy atom. The summed E-state index contributed by atoms with van der Waals surface area (Å²) in [5.74, 6) is 0.327. The van der Waals surface area contributed by atoms with Gasteiger partial charge in [0, 0.05) is 16.0 Å². The molecule has 1 atom stereocenters. The van der Waals surface area contributed by atoms with Crippen LogP contribution in [-0.2, 0) is 0 Å². The molecule has 1 aliphatic heterocycles. The molecule has 1 N–H and O–H groups in total. The Morgan fingerprint density at radius 1 is 1.50 bits per heavy atom. The molecule has 1 heterocycles. The van der Waals surface area contributed by atoms with E-state index in [9.17, 15) is 4.39 Å². The number of aliphatic imine (C=N–C) groups is 1. The van der Waals surface area contributed by atoms with Crippen molar-refractivity contribution < 1.29 is 4.39 Å². The number of thioether (sulfide) groups is 1. The molecular formula is C13H16ClFN2S. The van der Waals surface area contributed by atoms with E-state index >= 15 is 0 Å². The number of benzene rings is 1. The van der Waals surface area contributed by atoms with Gasteiger partial charge < -0.3 is 5.32 Å². The molecule has 0 saturated carbocycles. The Morgan fingerprint density at radius 2 is 2.28 bits per heavy atom. The minimum absolute atomic E-state index is 0.340. The highest BCUT2D eigenvalue weighted by molar-refractivity contribution is 8.15. The van der Waals surface area contributed by atoms with E-state index in [0.29, 0.717) is 21.9 Å². The van der Waals surface area contributed by atoms with E-state index in [0.717, 1.165) is 18.1 Å². The number of rotatable bonds is 3. The van der Waals surface area contributed by atoms with Gasteiger partial charge in [0.05, 0.1) is 6.54 Å². The van der Waals surface area contributed by atoms with Crippen LogP contribution >= 0.6 is 23.4 Å². The second-order valence-electron chi connectivity index (χ2n) is 4.80. The summed E-state index contributed by atoms with van der Waals surface area (Å²) in [6, 6.07) is 4.41. The van der Waals surface area contributed by atoms with E-state index in [1.807, 2.05) is 0 Å². The molecule has 1 aliphatic rings. The fourth-order valence-corrected chi connectivity index (χ4v) is 3.38. The van der Waals surface area contributed by atoms with Crippen LogP contribution in [0.4, 0.5) is 10.1 Å². The maximum atomic E-state index is 13.2. The normalized spacial score (nSPS) is 19.2. The van der Waals surface area contributed by atoms with E-state index in [1.54, 1.807) is 17.8 Å². The van der Waals surface area contributed by atoms with Crippen molar-refractivity contribution in [3.8, 4) is 0 Å². The third-order valence-corrected chi connectivity index (χ3v) is 3.91. The smallest absolute Gasteiger partial charge is 0.161 e. The summed E-state index contributed by atoms with van der Waals surface area (Å²) >= 11 is 7.53. The molecule has 0 fully saturated rings. The molecule has 0 saturated heterocycles. The zero-order chi connectivity index (χ0) is 13.1. The van der Waals surface area contributed by atoms with Crippen LogP contribution < -0.4 is 5.32 Å². The van der Waals surface area contributed by atoms with Gasteiger partial charge in [0.25, 0.3) is 0 Å². The topological polar surface area (TPSA) is 24.4 Å². The molecule has 1 aromatic carbocycles. The fraction of sp³-hybridized carbons (Fsp3) is 0.462. The molecule has 2 rings (SSSR count). The van der Waals surface area contributed by atoms with Gasteiger partial charge in [-0.15, -0.1) is 0 Å². The molecule has 0 aromatic heterocycles. The second kappa shape index (κ2) is 5.93. The highest BCUT2D eigenvalue weighted by Crippen LogP contribution is 2.28. The summed E-state index contributed by atoms with van der Waals surface area (Å²) in [4.78, 5) is 4.43. The average Bonchev–Trinajstić information content (AvgIpc) is 2.62. The van der Waals surface area contributed by atoms with Gasteiger partial charge in [-0.3, -0.25) is 4.99 Å². The predicted molar refractivity (Wildman–Crippen MR) is 78.2 cm³/mol. The number of halogens is 2. The molecule has 0 bridgehead atoms. The number of amidine groups is 1. The number of nitrogens with zero attached hydrogens (tertiary/aromatic N) is 1. The van der Waals surface area contributed by atoms with Gasteiger partial charge in [-0.1, -0.05) is 37.2 Å². The van der Waals surface area contributed by atoms with Gasteiger partial charge >= 0.3 is 0 Å². The van der Waals surface area contributed by atoms with Gasteiger partial charge in [-0.25, -0.2) is 4.39 Å². The molecule has 5 heteroatoms. The van der Waals surface area contributed by atoms with E-state index in [2.05, 4.69) is 24.2 Å². The zero-order valence-corrected chi connectivity index (χ0v) is 12.0. The predicted octanol–water partition coefficient (Wildman–Crippen LogP) is 4.41. The summed E-state index contributed by atoms with van der Waals surface area (Å²) in [6.07, 6.45) is 1.14. The maximum absolute atomic E-state index is 13.2. The average molecular weight is 287 g/mol. The molecule has 1 unspecified atom stereocenters. The molecular weight excluding hydrogens is 271 g/mol. The largest absolute Gasteiger partial charge is 0.335 e. The van der Waals surface area contributed by atoms with Crippen molar-refractivity contribution in [2.75, 3.05) is 11.9 Å². The first-order valence-corrected chi connectivity index (χ1v) is 7.23. The summed E-state index contributed by atoms with van der Waals surface area (Å²) in [5, 5.41) is 4.88. The fourth-order valence-electron chi connectivity index (χ4n) is 1.88. The van der Waals surface area contributed by atoms with E-state index in [-0.39, 0.29) is 5.82 Å². The first kappa shape index (κ1) is 13.7. The first-order valence-electron chi connectivity index (χ1n) is 5.97. The highest BCUT2D eigenvalue weighted by Gasteiger charge is 2.20. The number of anilines is 1. The minimum Gasteiger partial charge on any atom is -0.335 e. The quantitative estimate of drug-likeness (QED) is 0.890. The summed E-state index contributed by atoms with van der Waals surface area (Å²) in [5.41, 5.74) is 0.649. The van der Waals surface area contributed by atoms with Crippen molar-refractivity contribution >= 4 is 34.2 Å². The van der Waals surface area contributed by atoms with Crippen LogP contribution in [0.25, 0.3) is 0 Å². The van der Waals surface area contributed by atoms with Gasteiger partial charge in [0.2, 0.25) is 0 Å². The van der Waals surface area contributed by atoms with Crippen molar-refractivity contribution in [1.82, 2.24) is 0 Å². The van der Waals surface area contributed by atoms with Gasteiger partial charge in [0.15, 0.2) is 5.17 Å². The molecule has 98 valence electrons. The van der Waals surface area contributed by atoms with Crippen LogP contribution in [0.3, 0.4) is 0 Å². The van der Waals surface area contributed by atoms with Crippen molar-refractivity contribution in [2.45, 2.75) is 25.5 Å². The van der Waals surface area contributed by atoms with Crippen LogP contribution in [-0.4, -0.2) is 17.0 Å². The molecule has 0 radical (unpaired) electrons. The first-order chi connectivity index (χ1) is 8.52. The SMILES string of the molecule is CC(C)CC1CN=C(Nc2cc(F)cc(Cl)c2)S1. The van der Waals surface area contributed by atoms with Crippen LogP contribution in [0, 0.1) is 11.7 Å². The van der Waals surface area contributed by atoms with Crippen LogP contribution in [0.1, 0.15) is 20.3 Å². The lowest BCUT2D eigenvalue weighted by molar-refractivity contribution is 0.575. The van der Waals surface area contributed by atoms with E-state index < -0.39 is 0 Å². The second-order valence-corrected chi connectivity index (χ2v) is 6.52. The highest BCUT2D eigenvalue weighted by atomic mass is 35.5. The lowest BCUT2D eigenvalue weighted by Crippen LogP contribution is -2.09. The summed E-state index contributed by atoms with van der Waals surface area (Å²) < 4.78 is 13.2. The Bertz CT molecular complexity index is 442. The van der Waals surface area contributed by atoms with Gasteiger partial charge in [-0.05, 0) is 30.5 Å². The third kappa shape index (κ3) is 3.89. The Labute approximate surface area is 116 Å². The zero-order valence-electron chi connectivity index (χ0n) is 10.4. The van der Waals surface area contributed by atoms with Crippen molar-refractivity contribution in [2.24, 2.45) is 10.9 Å². The molecule has 0 spiro atoms. The van der Waals surface area contributed by atoms with Crippen LogP contribution in [0.5, 0.6) is 0 Å². The Balaban J connectivity index is 1.95. The molecule has 18 heavy (non-hydrogen) atoms. The lowest BCUT2D eigenvalue weighted by Gasteiger charge is -2.11. The minimum atomic E-state index is -0.340. The molecule has 2 nitrogen and oxygen atoms in total. The van der Waals surface area contributed by atoms with Crippen LogP contribution in [0.2, 0.25) is 5.02 Å². The summed E-state index contributed by atoms with van der Waals surface area (Å²) in [7, 11) is 0. The van der Waals surface area contributed by atoms with Crippen molar-refractivity contribution in [3.63, 3.8) is 0 Å². The maximum Gasteiger partial charge on any atom is 0.161 e. The third-order valence-electron chi connectivity index (χ3n) is 2.56. The molecule has 1 aromatic rings. The monoisotopic (exact) mass is 286 g/mol. The number of hydrogen-bond acceptors (Lipinski definition) is 3. The van der Waals surface area contributed by atoms with E-state index in [1.165, 1.54) is 12.1 Å². The van der Waals surface area contributed by atoms with Crippen molar-refractivity contribution in [1.29, 1.82) is 0 Å². The Kier molecular flexibility index (Phi) is 4.51. The van der Waals surface area contributed by atoms with Gasteiger partial charge in [-0.2, -0.15) is 0 Å². The lowest BCUT2D eigenvalue weighted by atomic mass is 10.1. The number of hydrogen-bond donors (Lipinski definition) is 1. The molecule has 0 amide bonds. The van der Waals surface area contributed by atoms with Gasteiger partial charge in [0.1, 0.15) is 5.82 Å². The number of nitrogens with one attached hydrogen (secondary N) is 1. The van der Waals surface area contributed by atoms with Crippen LogP contribution in [0.15, 0.2) is 23.2 Å². The van der Waals surface area contributed by atoms with Crippen molar-refractivity contribution in [3.05, 3.63) is 29.0 Å². The molecule has 0 aliphatic carbocycles. The standard InChI is InChI=1S/C13H16ClFN2S/c1-8(2)3-12-7-16-13(18-12)17-11-5-9(14)4-10(15)6-11/h4-6,8,12H,3,7H2,1-2H3,(H,16,17). The Hall–Kier alpha value is -0.740. The summed E-state index contributed by atoms with van der Waals surface area (Å²) in [6.45, 7) is 5.24.